The zero-order valence-corrected chi connectivity index (χ0v) is 20.5. The molecule has 1 aliphatic rings. The number of nitrogens with zero attached hydrogens (tertiary/aromatic N) is 3. The average Bonchev–Trinajstić information content (AvgIpc) is 2.85. The first kappa shape index (κ1) is 23.9. The lowest BCUT2D eigenvalue weighted by Crippen LogP contribution is -2.31. The Kier molecular flexibility index (Phi) is 7.57. The highest BCUT2D eigenvalue weighted by Gasteiger charge is 2.22. The van der Waals surface area contributed by atoms with E-state index < -0.39 is 0 Å². The number of methoxy groups -OCH3 is 2. The number of rotatable bonds is 9. The van der Waals surface area contributed by atoms with Gasteiger partial charge in [0.25, 0.3) is 0 Å². The van der Waals surface area contributed by atoms with Gasteiger partial charge in [-0.15, -0.1) is 0 Å². The minimum atomic E-state index is 0.0456. The molecule has 1 aromatic heterocycles. The average molecular weight is 466 g/mol. The van der Waals surface area contributed by atoms with Crippen molar-refractivity contribution in [1.29, 1.82) is 0 Å². The van der Waals surface area contributed by atoms with E-state index in [9.17, 15) is 5.11 Å². The quantitative estimate of drug-likeness (QED) is 0.434. The fourth-order valence-corrected chi connectivity index (χ4v) is 4.70. The van der Waals surface area contributed by atoms with Gasteiger partial charge in [-0.3, -0.25) is 0 Å². The molecule has 0 aliphatic heterocycles. The third-order valence-electron chi connectivity index (χ3n) is 6.54. The van der Waals surface area contributed by atoms with Gasteiger partial charge in [0.2, 0.25) is 11.7 Å². The molecule has 0 radical (unpaired) electrons. The Labute approximate surface area is 201 Å². The molecule has 3 N–H and O–H groups in total. The molecule has 0 unspecified atom stereocenters. The molecule has 2 aromatic carbocycles. The summed E-state index contributed by atoms with van der Waals surface area (Å²) in [4.78, 5) is 11.6. The maximum Gasteiger partial charge on any atom is 0.225 e. The van der Waals surface area contributed by atoms with E-state index in [4.69, 9.17) is 19.4 Å². The number of ether oxygens (including phenoxy) is 2. The molecule has 182 valence electrons. The molecule has 1 fully saturated rings. The molecule has 1 saturated carbocycles. The zero-order valence-electron chi connectivity index (χ0n) is 20.5. The number of phenols is 1. The third-order valence-corrected chi connectivity index (χ3v) is 6.54. The van der Waals surface area contributed by atoms with Gasteiger partial charge in [0.1, 0.15) is 5.82 Å². The van der Waals surface area contributed by atoms with Crippen molar-refractivity contribution in [3.05, 3.63) is 42.0 Å². The largest absolute Gasteiger partial charge is 0.502 e. The first-order chi connectivity index (χ1) is 16.5. The number of anilines is 2. The van der Waals surface area contributed by atoms with E-state index >= 15 is 0 Å². The van der Waals surface area contributed by atoms with Crippen molar-refractivity contribution in [2.24, 2.45) is 5.92 Å². The minimum absolute atomic E-state index is 0.0456. The number of aromatic hydroxyl groups is 1. The van der Waals surface area contributed by atoms with Crippen molar-refractivity contribution in [2.45, 2.75) is 38.3 Å². The van der Waals surface area contributed by atoms with E-state index in [1.54, 1.807) is 13.2 Å². The number of fused-ring (bicyclic) bond motifs is 1. The summed E-state index contributed by atoms with van der Waals surface area (Å²) in [5.74, 6) is 3.18. The molecule has 8 heteroatoms. The van der Waals surface area contributed by atoms with Crippen LogP contribution in [0.5, 0.6) is 17.2 Å². The van der Waals surface area contributed by atoms with Gasteiger partial charge in [0.15, 0.2) is 11.5 Å². The van der Waals surface area contributed by atoms with Gasteiger partial charge >= 0.3 is 0 Å². The van der Waals surface area contributed by atoms with Gasteiger partial charge in [-0.05, 0) is 56.3 Å². The van der Waals surface area contributed by atoms with Crippen LogP contribution in [0.25, 0.3) is 10.9 Å². The summed E-state index contributed by atoms with van der Waals surface area (Å²) >= 11 is 0. The topological polar surface area (TPSA) is 91.8 Å². The highest BCUT2D eigenvalue weighted by molar-refractivity contribution is 5.90. The minimum Gasteiger partial charge on any atom is -0.502 e. The SMILES string of the molecule is COc1ccc(CNC[C@H]2CC[C@@H](Nc3nc(N(C)C)c4ccccc4n3)CC2)c(OC)c1O. The van der Waals surface area contributed by atoms with Crippen LogP contribution in [-0.4, -0.2) is 56.0 Å². The van der Waals surface area contributed by atoms with Crippen LogP contribution in [0, 0.1) is 5.92 Å². The van der Waals surface area contributed by atoms with E-state index in [-0.39, 0.29) is 5.75 Å². The Morgan fingerprint density at radius 2 is 1.76 bits per heavy atom. The van der Waals surface area contributed by atoms with Crippen LogP contribution in [-0.2, 0) is 6.54 Å². The second kappa shape index (κ2) is 10.8. The standard InChI is InChI=1S/C26H35N5O3/c1-31(2)25-20-7-5-6-8-21(20)29-26(30-25)28-19-12-9-17(10-13-19)15-27-16-18-11-14-22(33-3)23(32)24(18)34-4/h5-8,11,14,17,19,27,32H,9-10,12-13,15-16H2,1-4H3,(H,28,29,30)/t17-,19+. The second-order valence-electron chi connectivity index (χ2n) is 9.08. The summed E-state index contributed by atoms with van der Waals surface area (Å²) < 4.78 is 10.6. The molecule has 0 atom stereocenters. The predicted octanol–water partition coefficient (Wildman–Crippen LogP) is 4.18. The Bertz CT molecular complexity index is 1110. The second-order valence-corrected chi connectivity index (χ2v) is 9.08. The van der Waals surface area contributed by atoms with Crippen LogP contribution in [0.1, 0.15) is 31.2 Å². The van der Waals surface area contributed by atoms with Crippen molar-refractivity contribution in [3.63, 3.8) is 0 Å². The Morgan fingerprint density at radius 3 is 2.47 bits per heavy atom. The van der Waals surface area contributed by atoms with Crippen molar-refractivity contribution in [1.82, 2.24) is 15.3 Å². The fraction of sp³-hybridized carbons (Fsp3) is 0.462. The molecular weight excluding hydrogens is 430 g/mol. The fourth-order valence-electron chi connectivity index (χ4n) is 4.70. The van der Waals surface area contributed by atoms with Crippen LogP contribution < -0.4 is 25.0 Å². The van der Waals surface area contributed by atoms with Crippen molar-refractivity contribution in [2.75, 3.05) is 45.1 Å². The Balaban J connectivity index is 1.30. The van der Waals surface area contributed by atoms with Gasteiger partial charge in [-0.1, -0.05) is 18.2 Å². The molecule has 34 heavy (non-hydrogen) atoms. The number of benzene rings is 2. The maximum atomic E-state index is 10.3. The highest BCUT2D eigenvalue weighted by atomic mass is 16.5. The first-order valence-corrected chi connectivity index (χ1v) is 11.8. The van der Waals surface area contributed by atoms with Crippen LogP contribution in [0.2, 0.25) is 0 Å². The molecule has 4 rings (SSSR count). The summed E-state index contributed by atoms with van der Waals surface area (Å²) in [5.41, 5.74) is 1.88. The normalized spacial score (nSPS) is 18.0. The van der Waals surface area contributed by atoms with Crippen molar-refractivity contribution in [3.8, 4) is 17.2 Å². The molecule has 0 amide bonds. The van der Waals surface area contributed by atoms with Gasteiger partial charge in [-0.25, -0.2) is 4.98 Å². The number of aromatic nitrogens is 2. The summed E-state index contributed by atoms with van der Waals surface area (Å²) in [5, 5.41) is 18.5. The predicted molar refractivity (Wildman–Crippen MR) is 136 cm³/mol. The smallest absolute Gasteiger partial charge is 0.225 e. The summed E-state index contributed by atoms with van der Waals surface area (Å²) in [6.07, 6.45) is 4.46. The van der Waals surface area contributed by atoms with Crippen molar-refractivity contribution >= 4 is 22.7 Å². The number of hydrogen-bond donors (Lipinski definition) is 3. The molecule has 0 spiro atoms. The first-order valence-electron chi connectivity index (χ1n) is 11.8. The lowest BCUT2D eigenvalue weighted by atomic mass is 9.86. The summed E-state index contributed by atoms with van der Waals surface area (Å²) in [6, 6.07) is 12.2. The van der Waals surface area contributed by atoms with Gasteiger partial charge in [0.05, 0.1) is 19.7 Å². The number of phenolic OH excluding ortho intramolecular Hbond substituents is 1. The molecule has 0 bridgehead atoms. The number of nitrogens with one attached hydrogen (secondary N) is 2. The van der Waals surface area contributed by atoms with E-state index in [0.717, 1.165) is 54.5 Å². The number of hydrogen-bond acceptors (Lipinski definition) is 8. The van der Waals surface area contributed by atoms with E-state index in [1.807, 2.05) is 43.3 Å². The van der Waals surface area contributed by atoms with E-state index in [0.29, 0.717) is 36.0 Å². The van der Waals surface area contributed by atoms with Gasteiger partial charge < -0.3 is 30.1 Å². The molecule has 1 aliphatic carbocycles. The lowest BCUT2D eigenvalue weighted by Gasteiger charge is -2.29. The van der Waals surface area contributed by atoms with E-state index in [2.05, 4.69) is 16.7 Å². The highest BCUT2D eigenvalue weighted by Crippen LogP contribution is 2.38. The summed E-state index contributed by atoms with van der Waals surface area (Å²) in [6.45, 7) is 1.57. The van der Waals surface area contributed by atoms with Crippen LogP contribution >= 0.6 is 0 Å². The molecule has 8 nitrogen and oxygen atoms in total. The van der Waals surface area contributed by atoms with Gasteiger partial charge in [-0.2, -0.15) is 4.98 Å². The monoisotopic (exact) mass is 465 g/mol. The van der Waals surface area contributed by atoms with E-state index in [1.165, 1.54) is 7.11 Å². The molecule has 0 saturated heterocycles. The number of para-hydroxylation sites is 1. The lowest BCUT2D eigenvalue weighted by molar-refractivity contribution is 0.320. The van der Waals surface area contributed by atoms with Crippen molar-refractivity contribution < 1.29 is 14.6 Å². The molecular formula is C26H35N5O3. The maximum absolute atomic E-state index is 10.3. The van der Waals surface area contributed by atoms with Crippen LogP contribution in [0.3, 0.4) is 0 Å². The van der Waals surface area contributed by atoms with Crippen LogP contribution in [0.15, 0.2) is 36.4 Å². The Hall–Kier alpha value is -3.26. The Morgan fingerprint density at radius 1 is 1.00 bits per heavy atom. The molecule has 3 aromatic rings. The van der Waals surface area contributed by atoms with Gasteiger partial charge in [0, 0.05) is 37.6 Å². The summed E-state index contributed by atoms with van der Waals surface area (Å²) in [7, 11) is 7.12. The third kappa shape index (κ3) is 5.28. The zero-order chi connectivity index (χ0) is 24.1. The molecule has 1 heterocycles. The van der Waals surface area contributed by atoms with Crippen LogP contribution in [0.4, 0.5) is 11.8 Å².